The maximum absolute atomic E-state index is 13.1. The van der Waals surface area contributed by atoms with Crippen molar-refractivity contribution in [3.8, 4) is 6.07 Å². The quantitative estimate of drug-likeness (QED) is 0.739. The van der Waals surface area contributed by atoms with E-state index in [0.717, 1.165) is 13.1 Å². The van der Waals surface area contributed by atoms with Gasteiger partial charge in [0, 0.05) is 32.4 Å². The van der Waals surface area contributed by atoms with E-state index in [1.165, 1.54) is 0 Å². The van der Waals surface area contributed by atoms with E-state index in [4.69, 9.17) is 0 Å². The molecule has 1 N–H and O–H groups in total. The molecule has 0 bridgehead atoms. The summed E-state index contributed by atoms with van der Waals surface area (Å²) in [7, 11) is 2.02. The SMILES string of the molecule is CN1CCN(C(=O)c2nc(C(=O)Nc3ccccc3C#N)n3ccccc23)CC1. The average molecular weight is 388 g/mol. The maximum Gasteiger partial charge on any atom is 0.292 e. The van der Waals surface area contributed by atoms with Crippen LogP contribution >= 0.6 is 0 Å². The van der Waals surface area contributed by atoms with Gasteiger partial charge in [0.25, 0.3) is 11.8 Å². The van der Waals surface area contributed by atoms with Crippen molar-refractivity contribution in [3.63, 3.8) is 0 Å². The zero-order valence-electron chi connectivity index (χ0n) is 16.0. The Kier molecular flexibility index (Phi) is 4.97. The molecule has 0 atom stereocenters. The van der Waals surface area contributed by atoms with E-state index in [9.17, 15) is 14.9 Å². The highest BCUT2D eigenvalue weighted by molar-refractivity contribution is 6.06. The summed E-state index contributed by atoms with van der Waals surface area (Å²) in [5.74, 6) is -0.560. The first-order chi connectivity index (χ1) is 14.1. The van der Waals surface area contributed by atoms with Crippen LogP contribution in [0.5, 0.6) is 0 Å². The van der Waals surface area contributed by atoms with Crippen LogP contribution in [0, 0.1) is 11.3 Å². The molecule has 1 aliphatic heterocycles. The molecular weight excluding hydrogens is 368 g/mol. The summed E-state index contributed by atoms with van der Waals surface area (Å²) in [5.41, 5.74) is 1.60. The number of imidazole rings is 1. The molecule has 2 aromatic heterocycles. The van der Waals surface area contributed by atoms with Crippen LogP contribution < -0.4 is 5.32 Å². The molecule has 2 amide bonds. The Morgan fingerprint density at radius 2 is 1.79 bits per heavy atom. The zero-order valence-corrected chi connectivity index (χ0v) is 16.0. The third-order valence-electron chi connectivity index (χ3n) is 5.04. The van der Waals surface area contributed by atoms with Crippen molar-refractivity contribution in [2.75, 3.05) is 38.5 Å². The number of piperazine rings is 1. The highest BCUT2D eigenvalue weighted by Crippen LogP contribution is 2.19. The molecule has 0 radical (unpaired) electrons. The van der Waals surface area contributed by atoms with Crippen molar-refractivity contribution >= 4 is 23.0 Å². The zero-order chi connectivity index (χ0) is 20.4. The Morgan fingerprint density at radius 3 is 2.55 bits per heavy atom. The molecule has 8 heteroatoms. The van der Waals surface area contributed by atoms with E-state index in [-0.39, 0.29) is 17.4 Å². The second-order valence-corrected chi connectivity index (χ2v) is 6.95. The monoisotopic (exact) mass is 388 g/mol. The lowest BCUT2D eigenvalue weighted by atomic mass is 10.2. The molecular formula is C21H20N6O2. The summed E-state index contributed by atoms with van der Waals surface area (Å²) >= 11 is 0. The fourth-order valence-electron chi connectivity index (χ4n) is 3.38. The second kappa shape index (κ2) is 7.73. The van der Waals surface area contributed by atoms with Gasteiger partial charge in [-0.3, -0.25) is 14.0 Å². The topological polar surface area (TPSA) is 93.7 Å². The van der Waals surface area contributed by atoms with E-state index in [0.29, 0.717) is 29.9 Å². The number of nitrogens with zero attached hydrogens (tertiary/aromatic N) is 5. The predicted molar refractivity (Wildman–Crippen MR) is 108 cm³/mol. The smallest absolute Gasteiger partial charge is 0.292 e. The number of fused-ring (bicyclic) bond motifs is 1. The van der Waals surface area contributed by atoms with Gasteiger partial charge in [-0.1, -0.05) is 18.2 Å². The standard InChI is InChI=1S/C21H20N6O2/c1-25-10-12-26(13-11-25)21(29)18-17-8-4-5-9-27(17)19(24-18)20(28)23-16-7-3-2-6-15(16)14-22/h2-9H,10-13H2,1H3,(H,23,28). The van der Waals surface area contributed by atoms with Crippen LogP contribution in [0.4, 0.5) is 5.69 Å². The number of carbonyl (C=O) groups excluding carboxylic acids is 2. The molecule has 0 unspecified atom stereocenters. The molecule has 8 nitrogen and oxygen atoms in total. The number of nitriles is 1. The minimum atomic E-state index is -0.480. The van der Waals surface area contributed by atoms with Crippen molar-refractivity contribution in [1.82, 2.24) is 19.2 Å². The summed E-state index contributed by atoms with van der Waals surface area (Å²) in [4.78, 5) is 34.3. The number of aromatic nitrogens is 2. The van der Waals surface area contributed by atoms with Crippen LogP contribution in [0.3, 0.4) is 0 Å². The number of amides is 2. The predicted octanol–water partition coefficient (Wildman–Crippen LogP) is 1.85. The number of carbonyl (C=O) groups is 2. The number of hydrogen-bond donors (Lipinski definition) is 1. The Labute approximate surface area is 168 Å². The normalized spacial score (nSPS) is 14.6. The van der Waals surface area contributed by atoms with Crippen molar-refractivity contribution in [3.05, 3.63) is 65.7 Å². The number of nitrogens with one attached hydrogen (secondary N) is 1. The molecule has 1 aromatic carbocycles. The van der Waals surface area contributed by atoms with Gasteiger partial charge in [-0.15, -0.1) is 0 Å². The van der Waals surface area contributed by atoms with E-state index < -0.39 is 5.91 Å². The average Bonchev–Trinajstić information content (AvgIpc) is 3.14. The summed E-state index contributed by atoms with van der Waals surface area (Å²) < 4.78 is 1.60. The maximum atomic E-state index is 13.1. The van der Waals surface area contributed by atoms with Gasteiger partial charge in [0.2, 0.25) is 5.82 Å². The largest absolute Gasteiger partial charge is 0.335 e. The van der Waals surface area contributed by atoms with Crippen LogP contribution in [-0.2, 0) is 0 Å². The minimum Gasteiger partial charge on any atom is -0.335 e. The Bertz CT molecular complexity index is 1120. The molecule has 1 aliphatic rings. The highest BCUT2D eigenvalue weighted by Gasteiger charge is 2.27. The lowest BCUT2D eigenvalue weighted by Crippen LogP contribution is -2.47. The fourth-order valence-corrected chi connectivity index (χ4v) is 3.38. The van der Waals surface area contributed by atoms with Gasteiger partial charge in [-0.05, 0) is 31.3 Å². The Morgan fingerprint density at radius 1 is 1.07 bits per heavy atom. The number of anilines is 1. The number of pyridine rings is 1. The van der Waals surface area contributed by atoms with Crippen LogP contribution in [0.2, 0.25) is 0 Å². The minimum absolute atomic E-state index is 0.103. The molecule has 1 fully saturated rings. The first-order valence-electron chi connectivity index (χ1n) is 9.34. The number of para-hydroxylation sites is 1. The van der Waals surface area contributed by atoms with Gasteiger partial charge in [-0.25, -0.2) is 4.98 Å². The number of rotatable bonds is 3. The highest BCUT2D eigenvalue weighted by atomic mass is 16.2. The molecule has 0 aliphatic carbocycles. The molecule has 29 heavy (non-hydrogen) atoms. The molecule has 4 rings (SSSR count). The summed E-state index contributed by atoms with van der Waals surface area (Å²) in [5, 5.41) is 12.0. The van der Waals surface area contributed by atoms with Crippen LogP contribution in [0.15, 0.2) is 48.7 Å². The number of hydrogen-bond acceptors (Lipinski definition) is 5. The van der Waals surface area contributed by atoms with Crippen molar-refractivity contribution < 1.29 is 9.59 Å². The van der Waals surface area contributed by atoms with Gasteiger partial charge in [0.15, 0.2) is 5.69 Å². The van der Waals surface area contributed by atoms with Gasteiger partial charge in [0.1, 0.15) is 6.07 Å². The van der Waals surface area contributed by atoms with Crippen molar-refractivity contribution in [2.45, 2.75) is 0 Å². The van der Waals surface area contributed by atoms with Crippen molar-refractivity contribution in [2.24, 2.45) is 0 Å². The van der Waals surface area contributed by atoms with Gasteiger partial charge in [-0.2, -0.15) is 5.26 Å². The lowest BCUT2D eigenvalue weighted by Gasteiger charge is -2.32. The van der Waals surface area contributed by atoms with Crippen LogP contribution in [0.25, 0.3) is 5.52 Å². The summed E-state index contributed by atoms with van der Waals surface area (Å²) in [6.45, 7) is 2.85. The molecule has 0 saturated carbocycles. The molecule has 0 spiro atoms. The van der Waals surface area contributed by atoms with Gasteiger partial charge < -0.3 is 15.1 Å². The van der Waals surface area contributed by atoms with Gasteiger partial charge in [0.05, 0.1) is 16.8 Å². The van der Waals surface area contributed by atoms with E-state index in [1.54, 1.807) is 51.9 Å². The van der Waals surface area contributed by atoms with E-state index in [2.05, 4.69) is 21.3 Å². The van der Waals surface area contributed by atoms with E-state index >= 15 is 0 Å². The molecule has 1 saturated heterocycles. The third kappa shape index (κ3) is 3.56. The first-order valence-corrected chi connectivity index (χ1v) is 9.34. The van der Waals surface area contributed by atoms with Gasteiger partial charge >= 0.3 is 0 Å². The third-order valence-corrected chi connectivity index (χ3v) is 5.04. The Hall–Kier alpha value is -3.70. The summed E-state index contributed by atoms with van der Waals surface area (Å²) in [6.07, 6.45) is 1.70. The second-order valence-electron chi connectivity index (χ2n) is 6.95. The lowest BCUT2D eigenvalue weighted by molar-refractivity contribution is 0.0661. The van der Waals surface area contributed by atoms with Crippen LogP contribution in [-0.4, -0.2) is 64.2 Å². The van der Waals surface area contributed by atoms with E-state index in [1.807, 2.05) is 13.1 Å². The molecule has 3 aromatic rings. The number of likely N-dealkylation sites (N-methyl/N-ethyl adjacent to an activating group) is 1. The van der Waals surface area contributed by atoms with Crippen molar-refractivity contribution in [1.29, 1.82) is 5.26 Å². The fraction of sp³-hybridized carbons (Fsp3) is 0.238. The first kappa shape index (κ1) is 18.7. The molecule has 3 heterocycles. The molecule has 146 valence electrons. The number of benzene rings is 1. The summed E-state index contributed by atoms with van der Waals surface area (Å²) in [6, 6.07) is 14.2. The van der Waals surface area contributed by atoms with Crippen LogP contribution in [0.1, 0.15) is 26.7 Å². The Balaban J connectivity index is 1.68.